The van der Waals surface area contributed by atoms with Crippen molar-refractivity contribution in [3.63, 3.8) is 0 Å². The number of hydrazine groups is 1. The Labute approximate surface area is 88.4 Å². The summed E-state index contributed by atoms with van der Waals surface area (Å²) in [6.07, 6.45) is 1.81. The molecule has 1 aromatic rings. The van der Waals surface area contributed by atoms with E-state index in [9.17, 15) is 4.79 Å². The first-order valence-corrected chi connectivity index (χ1v) is 5.57. The molecule has 0 bridgehead atoms. The van der Waals surface area contributed by atoms with Gasteiger partial charge in [0.15, 0.2) is 0 Å². The number of rotatable bonds is 2. The number of thiophene rings is 1. The van der Waals surface area contributed by atoms with Gasteiger partial charge < -0.3 is 0 Å². The van der Waals surface area contributed by atoms with Crippen molar-refractivity contribution in [2.75, 3.05) is 0 Å². The number of nitrogens with one attached hydrogen (secondary N) is 1. The van der Waals surface area contributed by atoms with E-state index in [1.54, 1.807) is 11.3 Å². The molecule has 1 fully saturated rings. The normalized spacial score (nSPS) is 18.3. The first-order valence-electron chi connectivity index (χ1n) is 3.96. The zero-order chi connectivity index (χ0) is 9.47. The number of halogens is 1. The lowest BCUT2D eigenvalue weighted by Crippen LogP contribution is -2.38. The standard InChI is InChI=1S/C8H9BrN2OS/c9-6-2-1-5(13-6)8(3-4-8)7(12)11-10/h1-2H,3-4,10H2,(H,11,12). The van der Waals surface area contributed by atoms with Gasteiger partial charge >= 0.3 is 0 Å². The van der Waals surface area contributed by atoms with E-state index in [1.165, 1.54) is 0 Å². The summed E-state index contributed by atoms with van der Waals surface area (Å²) in [5.41, 5.74) is 1.91. The lowest BCUT2D eigenvalue weighted by Gasteiger charge is -2.09. The Morgan fingerprint density at radius 3 is 2.69 bits per heavy atom. The van der Waals surface area contributed by atoms with Gasteiger partial charge in [0, 0.05) is 4.88 Å². The van der Waals surface area contributed by atoms with Gasteiger partial charge in [-0.05, 0) is 40.9 Å². The maximum Gasteiger partial charge on any atom is 0.245 e. The third kappa shape index (κ3) is 1.41. The van der Waals surface area contributed by atoms with Crippen LogP contribution in [0.4, 0.5) is 0 Å². The maximum atomic E-state index is 11.5. The minimum atomic E-state index is -0.314. The van der Waals surface area contributed by atoms with Crippen molar-refractivity contribution in [1.82, 2.24) is 5.43 Å². The molecule has 3 nitrogen and oxygen atoms in total. The molecule has 0 radical (unpaired) electrons. The van der Waals surface area contributed by atoms with Crippen LogP contribution in [-0.2, 0) is 10.2 Å². The van der Waals surface area contributed by atoms with Gasteiger partial charge in [-0.25, -0.2) is 5.84 Å². The predicted molar refractivity (Wildman–Crippen MR) is 55.3 cm³/mol. The average molecular weight is 261 g/mol. The van der Waals surface area contributed by atoms with Crippen LogP contribution in [0.25, 0.3) is 0 Å². The van der Waals surface area contributed by atoms with Crippen molar-refractivity contribution < 1.29 is 4.79 Å². The first-order chi connectivity index (χ1) is 6.19. The Bertz CT molecular complexity index is 346. The summed E-state index contributed by atoms with van der Waals surface area (Å²) in [5.74, 6) is 5.07. The topological polar surface area (TPSA) is 55.1 Å². The summed E-state index contributed by atoms with van der Waals surface area (Å²) in [6, 6.07) is 3.95. The number of nitrogens with two attached hydrogens (primary N) is 1. The van der Waals surface area contributed by atoms with Gasteiger partial charge in [-0.2, -0.15) is 0 Å². The largest absolute Gasteiger partial charge is 0.293 e. The van der Waals surface area contributed by atoms with Gasteiger partial charge in [0.1, 0.15) is 0 Å². The highest BCUT2D eigenvalue weighted by Gasteiger charge is 2.52. The summed E-state index contributed by atoms with van der Waals surface area (Å²) in [7, 11) is 0. The molecule has 0 aromatic carbocycles. The molecule has 0 aliphatic heterocycles. The molecule has 1 aromatic heterocycles. The average Bonchev–Trinajstić information content (AvgIpc) is 2.83. The fourth-order valence-corrected chi connectivity index (χ4v) is 3.05. The SMILES string of the molecule is NNC(=O)C1(c2ccc(Br)s2)CC1. The molecule has 0 saturated heterocycles. The first kappa shape index (κ1) is 9.18. The van der Waals surface area contributed by atoms with Gasteiger partial charge in [0.05, 0.1) is 9.20 Å². The zero-order valence-corrected chi connectivity index (χ0v) is 9.24. The summed E-state index contributed by atoms with van der Waals surface area (Å²) in [4.78, 5) is 12.6. The molecular formula is C8H9BrN2OS. The van der Waals surface area contributed by atoms with Crippen molar-refractivity contribution >= 4 is 33.2 Å². The van der Waals surface area contributed by atoms with Crippen LogP contribution in [0.1, 0.15) is 17.7 Å². The Kier molecular flexibility index (Phi) is 2.17. The van der Waals surface area contributed by atoms with Crippen LogP contribution < -0.4 is 11.3 Å². The van der Waals surface area contributed by atoms with Crippen LogP contribution in [0.2, 0.25) is 0 Å². The van der Waals surface area contributed by atoms with E-state index in [0.29, 0.717) is 0 Å². The number of carbonyl (C=O) groups is 1. The molecule has 0 spiro atoms. The van der Waals surface area contributed by atoms with Gasteiger partial charge in [-0.3, -0.25) is 10.2 Å². The second kappa shape index (κ2) is 3.08. The molecule has 70 valence electrons. The Balaban J connectivity index is 2.30. The minimum Gasteiger partial charge on any atom is -0.293 e. The second-order valence-corrected chi connectivity index (χ2v) is 5.62. The van der Waals surface area contributed by atoms with Crippen molar-refractivity contribution in [3.05, 3.63) is 20.8 Å². The fourth-order valence-electron chi connectivity index (χ4n) is 1.42. The second-order valence-electron chi connectivity index (χ2n) is 3.16. The van der Waals surface area contributed by atoms with Crippen molar-refractivity contribution in [2.24, 2.45) is 5.84 Å². The summed E-state index contributed by atoms with van der Waals surface area (Å²) in [6.45, 7) is 0. The molecule has 1 saturated carbocycles. The van der Waals surface area contributed by atoms with E-state index >= 15 is 0 Å². The monoisotopic (exact) mass is 260 g/mol. The summed E-state index contributed by atoms with van der Waals surface area (Å²) < 4.78 is 1.05. The number of hydrogen-bond acceptors (Lipinski definition) is 3. The molecule has 1 heterocycles. The van der Waals surface area contributed by atoms with Crippen LogP contribution in [0.3, 0.4) is 0 Å². The number of carbonyl (C=O) groups excluding carboxylic acids is 1. The molecule has 2 rings (SSSR count). The molecule has 5 heteroatoms. The molecular weight excluding hydrogens is 252 g/mol. The maximum absolute atomic E-state index is 11.5. The van der Waals surface area contributed by atoms with Crippen molar-refractivity contribution in [3.8, 4) is 0 Å². The molecule has 0 atom stereocenters. The quantitative estimate of drug-likeness (QED) is 0.482. The van der Waals surface area contributed by atoms with Gasteiger partial charge in [0.2, 0.25) is 5.91 Å². The van der Waals surface area contributed by atoms with Crippen LogP contribution in [0.15, 0.2) is 15.9 Å². The molecule has 1 amide bonds. The third-order valence-electron chi connectivity index (χ3n) is 2.36. The van der Waals surface area contributed by atoms with Crippen LogP contribution in [0, 0.1) is 0 Å². The lowest BCUT2D eigenvalue weighted by molar-refractivity contribution is -0.123. The summed E-state index contributed by atoms with van der Waals surface area (Å²) >= 11 is 4.98. The van der Waals surface area contributed by atoms with Crippen LogP contribution in [-0.4, -0.2) is 5.91 Å². The third-order valence-corrected chi connectivity index (χ3v) is 4.19. The molecule has 13 heavy (non-hydrogen) atoms. The van der Waals surface area contributed by atoms with Gasteiger partial charge in [0.25, 0.3) is 0 Å². The highest BCUT2D eigenvalue weighted by molar-refractivity contribution is 9.11. The van der Waals surface area contributed by atoms with E-state index in [4.69, 9.17) is 5.84 Å². The molecule has 3 N–H and O–H groups in total. The fraction of sp³-hybridized carbons (Fsp3) is 0.375. The van der Waals surface area contributed by atoms with E-state index < -0.39 is 0 Å². The van der Waals surface area contributed by atoms with Crippen LogP contribution in [0.5, 0.6) is 0 Å². The minimum absolute atomic E-state index is 0.0677. The smallest absolute Gasteiger partial charge is 0.245 e. The van der Waals surface area contributed by atoms with E-state index in [0.717, 1.165) is 21.5 Å². The van der Waals surface area contributed by atoms with E-state index in [1.807, 2.05) is 12.1 Å². The highest BCUT2D eigenvalue weighted by Crippen LogP contribution is 2.51. The Hall–Kier alpha value is -0.390. The predicted octanol–water partition coefficient (Wildman–Crippen LogP) is 1.53. The van der Waals surface area contributed by atoms with Crippen LogP contribution >= 0.6 is 27.3 Å². The number of hydrogen-bond donors (Lipinski definition) is 2. The van der Waals surface area contributed by atoms with E-state index in [2.05, 4.69) is 21.4 Å². The Morgan fingerprint density at radius 2 is 2.31 bits per heavy atom. The van der Waals surface area contributed by atoms with Gasteiger partial charge in [-0.1, -0.05) is 0 Å². The molecule has 1 aliphatic carbocycles. The van der Waals surface area contributed by atoms with Crippen molar-refractivity contribution in [1.29, 1.82) is 0 Å². The Morgan fingerprint density at radius 1 is 1.62 bits per heavy atom. The van der Waals surface area contributed by atoms with Crippen molar-refractivity contribution in [2.45, 2.75) is 18.3 Å². The highest BCUT2D eigenvalue weighted by atomic mass is 79.9. The summed E-state index contributed by atoms with van der Waals surface area (Å²) in [5, 5.41) is 0. The molecule has 1 aliphatic rings. The lowest BCUT2D eigenvalue weighted by atomic mass is 10.1. The van der Waals surface area contributed by atoms with Gasteiger partial charge in [-0.15, -0.1) is 11.3 Å². The zero-order valence-electron chi connectivity index (χ0n) is 6.84. The molecule has 0 unspecified atom stereocenters. The van der Waals surface area contributed by atoms with E-state index in [-0.39, 0.29) is 11.3 Å². The number of amides is 1.